The lowest BCUT2D eigenvalue weighted by atomic mass is 9.94. The SMILES string of the molecule is CC(Br)C1(CCc2ccc([N+](=O)[O-])cc2)CC1. The van der Waals surface area contributed by atoms with Gasteiger partial charge in [-0.05, 0) is 36.7 Å². The van der Waals surface area contributed by atoms with Gasteiger partial charge in [0.25, 0.3) is 5.69 Å². The number of nitro benzene ring substituents is 1. The maximum atomic E-state index is 10.5. The van der Waals surface area contributed by atoms with Crippen LogP contribution in [0.3, 0.4) is 0 Å². The number of nitrogens with zero attached hydrogens (tertiary/aromatic N) is 1. The van der Waals surface area contributed by atoms with Crippen molar-refractivity contribution in [3.8, 4) is 0 Å². The molecule has 1 aromatic rings. The van der Waals surface area contributed by atoms with Gasteiger partial charge >= 0.3 is 0 Å². The highest BCUT2D eigenvalue weighted by Crippen LogP contribution is 2.54. The molecule has 0 aromatic heterocycles. The summed E-state index contributed by atoms with van der Waals surface area (Å²) in [4.78, 5) is 10.7. The Labute approximate surface area is 110 Å². The third kappa shape index (κ3) is 2.86. The molecule has 1 unspecified atom stereocenters. The predicted octanol–water partition coefficient (Wildman–Crippen LogP) is 4.09. The Balaban J connectivity index is 1.94. The highest BCUT2D eigenvalue weighted by Gasteiger charge is 2.45. The summed E-state index contributed by atoms with van der Waals surface area (Å²) in [6.07, 6.45) is 4.77. The molecule has 92 valence electrons. The number of alkyl halides is 1. The van der Waals surface area contributed by atoms with Crippen LogP contribution in [0.15, 0.2) is 24.3 Å². The first-order chi connectivity index (χ1) is 8.03. The summed E-state index contributed by atoms with van der Waals surface area (Å²) in [6.45, 7) is 2.21. The Morgan fingerprint density at radius 3 is 2.41 bits per heavy atom. The van der Waals surface area contributed by atoms with Crippen molar-refractivity contribution >= 4 is 21.6 Å². The number of aryl methyl sites for hydroxylation is 1. The van der Waals surface area contributed by atoms with Crippen molar-refractivity contribution in [1.29, 1.82) is 0 Å². The van der Waals surface area contributed by atoms with Gasteiger partial charge in [0.15, 0.2) is 0 Å². The molecule has 0 amide bonds. The second-order valence-corrected chi connectivity index (χ2v) is 6.28. The van der Waals surface area contributed by atoms with Crippen LogP contribution in [0.4, 0.5) is 5.69 Å². The molecule has 2 rings (SSSR count). The predicted molar refractivity (Wildman–Crippen MR) is 71.5 cm³/mol. The zero-order valence-electron chi connectivity index (χ0n) is 9.86. The van der Waals surface area contributed by atoms with Crippen LogP contribution in [-0.4, -0.2) is 9.75 Å². The van der Waals surface area contributed by atoms with Crippen LogP contribution in [0.2, 0.25) is 0 Å². The van der Waals surface area contributed by atoms with Crippen molar-refractivity contribution in [3.63, 3.8) is 0 Å². The molecule has 17 heavy (non-hydrogen) atoms. The number of non-ortho nitro benzene ring substituents is 1. The lowest BCUT2D eigenvalue weighted by Gasteiger charge is -2.17. The lowest BCUT2D eigenvalue weighted by Crippen LogP contribution is -2.12. The van der Waals surface area contributed by atoms with Crippen LogP contribution >= 0.6 is 15.9 Å². The second kappa shape index (κ2) is 4.77. The molecule has 0 saturated heterocycles. The molecule has 1 saturated carbocycles. The minimum Gasteiger partial charge on any atom is -0.258 e. The summed E-state index contributed by atoms with van der Waals surface area (Å²) >= 11 is 3.67. The van der Waals surface area contributed by atoms with Gasteiger partial charge in [0.05, 0.1) is 4.92 Å². The van der Waals surface area contributed by atoms with Crippen LogP contribution in [0.5, 0.6) is 0 Å². The van der Waals surface area contributed by atoms with Crippen LogP contribution < -0.4 is 0 Å². The molecular formula is C13H16BrNO2. The number of rotatable bonds is 5. The van der Waals surface area contributed by atoms with E-state index in [-0.39, 0.29) is 10.6 Å². The summed E-state index contributed by atoms with van der Waals surface area (Å²) in [5, 5.41) is 10.5. The van der Waals surface area contributed by atoms with E-state index in [0.717, 1.165) is 12.8 Å². The Hall–Kier alpha value is -0.900. The number of benzene rings is 1. The fourth-order valence-electron chi connectivity index (χ4n) is 2.18. The number of hydrogen-bond donors (Lipinski definition) is 0. The zero-order valence-corrected chi connectivity index (χ0v) is 11.4. The van der Waals surface area contributed by atoms with Gasteiger partial charge in [0, 0.05) is 17.0 Å². The Bertz CT molecular complexity index is 410. The normalized spacial score (nSPS) is 18.7. The second-order valence-electron chi connectivity index (χ2n) is 4.90. The molecule has 0 aliphatic heterocycles. The van der Waals surface area contributed by atoms with E-state index < -0.39 is 0 Å². The zero-order chi connectivity index (χ0) is 12.5. The van der Waals surface area contributed by atoms with Gasteiger partial charge in [-0.1, -0.05) is 35.0 Å². The van der Waals surface area contributed by atoms with Crippen molar-refractivity contribution in [1.82, 2.24) is 0 Å². The molecule has 1 atom stereocenters. The van der Waals surface area contributed by atoms with Gasteiger partial charge in [-0.2, -0.15) is 0 Å². The minimum absolute atomic E-state index is 0.170. The molecule has 1 aliphatic carbocycles. The summed E-state index contributed by atoms with van der Waals surface area (Å²) in [5.41, 5.74) is 1.83. The molecule has 0 bridgehead atoms. The molecule has 0 spiro atoms. The molecule has 0 N–H and O–H groups in total. The van der Waals surface area contributed by atoms with E-state index in [1.807, 2.05) is 12.1 Å². The van der Waals surface area contributed by atoms with Gasteiger partial charge in [-0.25, -0.2) is 0 Å². The van der Waals surface area contributed by atoms with Crippen LogP contribution in [0.1, 0.15) is 31.7 Å². The summed E-state index contributed by atoms with van der Waals surface area (Å²) in [6, 6.07) is 6.92. The van der Waals surface area contributed by atoms with Crippen LogP contribution in [-0.2, 0) is 6.42 Å². The van der Waals surface area contributed by atoms with Crippen molar-refractivity contribution in [2.75, 3.05) is 0 Å². The van der Waals surface area contributed by atoms with Crippen LogP contribution in [0, 0.1) is 15.5 Å². The van der Waals surface area contributed by atoms with Crippen LogP contribution in [0.25, 0.3) is 0 Å². The third-order valence-electron chi connectivity index (χ3n) is 3.79. The Morgan fingerprint density at radius 1 is 1.41 bits per heavy atom. The van der Waals surface area contributed by atoms with Crippen molar-refractivity contribution < 1.29 is 4.92 Å². The minimum atomic E-state index is -0.354. The van der Waals surface area contributed by atoms with Gasteiger partial charge in [0.1, 0.15) is 0 Å². The average Bonchev–Trinajstić information content (AvgIpc) is 3.08. The number of halogens is 1. The molecular weight excluding hydrogens is 282 g/mol. The van der Waals surface area contributed by atoms with E-state index >= 15 is 0 Å². The molecule has 3 nitrogen and oxygen atoms in total. The smallest absolute Gasteiger partial charge is 0.258 e. The Morgan fingerprint density at radius 2 is 2.00 bits per heavy atom. The van der Waals surface area contributed by atoms with E-state index in [2.05, 4.69) is 22.9 Å². The lowest BCUT2D eigenvalue weighted by molar-refractivity contribution is -0.384. The van der Waals surface area contributed by atoms with Gasteiger partial charge in [-0.15, -0.1) is 0 Å². The highest BCUT2D eigenvalue weighted by atomic mass is 79.9. The summed E-state index contributed by atoms with van der Waals surface area (Å²) in [7, 11) is 0. The summed E-state index contributed by atoms with van der Waals surface area (Å²) in [5.74, 6) is 0. The standard InChI is InChI=1S/C13H16BrNO2/c1-10(14)13(8-9-13)7-6-11-2-4-12(5-3-11)15(16)17/h2-5,10H,6-9H2,1H3. The fraction of sp³-hybridized carbons (Fsp3) is 0.538. The molecule has 1 aromatic carbocycles. The maximum Gasteiger partial charge on any atom is 0.269 e. The number of nitro groups is 1. The fourth-order valence-corrected chi connectivity index (χ4v) is 2.87. The van der Waals surface area contributed by atoms with E-state index in [1.54, 1.807) is 12.1 Å². The Kier molecular flexibility index (Phi) is 3.52. The first kappa shape index (κ1) is 12.6. The molecule has 0 radical (unpaired) electrons. The van der Waals surface area contributed by atoms with Gasteiger partial charge in [0.2, 0.25) is 0 Å². The largest absolute Gasteiger partial charge is 0.269 e. The maximum absolute atomic E-state index is 10.5. The first-order valence-electron chi connectivity index (χ1n) is 5.91. The first-order valence-corrected chi connectivity index (χ1v) is 6.82. The molecule has 1 aliphatic rings. The molecule has 1 fully saturated rings. The van der Waals surface area contributed by atoms with Crippen molar-refractivity contribution in [3.05, 3.63) is 39.9 Å². The third-order valence-corrected chi connectivity index (χ3v) is 4.77. The van der Waals surface area contributed by atoms with Gasteiger partial charge < -0.3 is 0 Å². The monoisotopic (exact) mass is 297 g/mol. The van der Waals surface area contributed by atoms with E-state index in [0.29, 0.717) is 10.2 Å². The van der Waals surface area contributed by atoms with E-state index in [9.17, 15) is 10.1 Å². The van der Waals surface area contributed by atoms with Crippen molar-refractivity contribution in [2.24, 2.45) is 5.41 Å². The molecule has 4 heteroatoms. The quantitative estimate of drug-likeness (QED) is 0.467. The van der Waals surface area contributed by atoms with Crippen molar-refractivity contribution in [2.45, 2.75) is 37.4 Å². The van der Waals surface area contributed by atoms with E-state index in [4.69, 9.17) is 0 Å². The average molecular weight is 298 g/mol. The van der Waals surface area contributed by atoms with Gasteiger partial charge in [-0.3, -0.25) is 10.1 Å². The number of hydrogen-bond acceptors (Lipinski definition) is 2. The summed E-state index contributed by atoms with van der Waals surface area (Å²) < 4.78 is 0. The highest BCUT2D eigenvalue weighted by molar-refractivity contribution is 9.09. The van der Waals surface area contributed by atoms with E-state index in [1.165, 1.54) is 18.4 Å². The topological polar surface area (TPSA) is 43.1 Å². The molecule has 0 heterocycles.